The molecule has 294 valence electrons. The van der Waals surface area contributed by atoms with Crippen LogP contribution in [0.15, 0.2) is 36.4 Å². The Morgan fingerprint density at radius 2 is 1.09 bits per heavy atom. The molecule has 0 radical (unpaired) electrons. The van der Waals surface area contributed by atoms with Crippen LogP contribution < -0.4 is 36.3 Å². The Bertz CT molecular complexity index is 1710. The Balaban J connectivity index is 0.000000181. The maximum absolute atomic E-state index is 10.1. The van der Waals surface area contributed by atoms with Crippen molar-refractivity contribution in [3.63, 3.8) is 0 Å². The van der Waals surface area contributed by atoms with Crippen molar-refractivity contribution in [1.82, 2.24) is 0 Å². The van der Waals surface area contributed by atoms with E-state index in [9.17, 15) is 25.3 Å². The lowest BCUT2D eigenvalue weighted by atomic mass is 9.77. The summed E-state index contributed by atoms with van der Waals surface area (Å²) < 4.78 is 33.0. The average molecular weight is 751 g/mol. The summed E-state index contributed by atoms with van der Waals surface area (Å²) in [7, 11) is -2.89. The van der Waals surface area contributed by atoms with Gasteiger partial charge in [-0.15, -0.1) is 0 Å². The van der Waals surface area contributed by atoms with E-state index in [0.29, 0.717) is 40.2 Å². The quantitative estimate of drug-likeness (QED) is 0.131. The number of benzene rings is 3. The first-order chi connectivity index (χ1) is 25.6. The molecule has 0 spiro atoms. The van der Waals surface area contributed by atoms with Crippen LogP contribution in [0.1, 0.15) is 99.2 Å². The van der Waals surface area contributed by atoms with E-state index in [1.54, 1.807) is 26.8 Å². The molecule has 0 saturated heterocycles. The second-order valence-corrected chi connectivity index (χ2v) is 14.4. The van der Waals surface area contributed by atoms with Gasteiger partial charge in [-0.2, -0.15) is 0 Å². The van der Waals surface area contributed by atoms with Crippen molar-refractivity contribution in [1.29, 1.82) is 0 Å². The summed E-state index contributed by atoms with van der Waals surface area (Å²) in [6, 6.07) is 11.2. The Labute approximate surface area is 319 Å². The van der Waals surface area contributed by atoms with Gasteiger partial charge >= 0.3 is 21.4 Å². The number of rotatable bonds is 12. The molecule has 0 aromatic heterocycles. The van der Waals surface area contributed by atoms with Gasteiger partial charge in [-0.3, -0.25) is 0 Å². The topological polar surface area (TPSA) is 203 Å². The molecular formula is C38H56B3NO12. The Morgan fingerprint density at radius 1 is 0.704 bits per heavy atom. The molecule has 0 bridgehead atoms. The van der Waals surface area contributed by atoms with Gasteiger partial charge in [0.2, 0.25) is 0 Å². The molecule has 3 aliphatic heterocycles. The number of fused-ring (bicyclic) bond motifs is 3. The highest BCUT2D eigenvalue weighted by molar-refractivity contribution is 6.64. The lowest BCUT2D eigenvalue weighted by Gasteiger charge is -2.20. The molecule has 0 amide bonds. The maximum atomic E-state index is 10.1. The molecule has 6 rings (SSSR count). The zero-order valence-electron chi connectivity index (χ0n) is 32.7. The average Bonchev–Trinajstić information content (AvgIpc) is 3.79. The molecule has 3 heterocycles. The van der Waals surface area contributed by atoms with Crippen LogP contribution in [0, 0.1) is 20.8 Å². The number of aliphatic hydroxyl groups is 3. The van der Waals surface area contributed by atoms with E-state index in [4.69, 9.17) is 39.0 Å². The third kappa shape index (κ3) is 10.2. The second kappa shape index (κ2) is 19.1. The summed E-state index contributed by atoms with van der Waals surface area (Å²) in [5, 5.41) is 57.7. The predicted molar refractivity (Wildman–Crippen MR) is 209 cm³/mol. The fourth-order valence-electron chi connectivity index (χ4n) is 6.87. The highest BCUT2D eigenvalue weighted by Crippen LogP contribution is 2.34. The zero-order chi connectivity index (χ0) is 39.9. The smallest absolute Gasteiger partial charge is 0.492 e. The fraction of sp³-hybridized carbons (Fsp3) is 0.526. The van der Waals surface area contributed by atoms with Gasteiger partial charge in [-0.05, 0) is 106 Å². The molecule has 0 aliphatic carbocycles. The zero-order valence-corrected chi connectivity index (χ0v) is 32.7. The highest BCUT2D eigenvalue weighted by atomic mass is 16.5. The van der Waals surface area contributed by atoms with Crippen LogP contribution in [-0.4, -0.2) is 96.4 Å². The molecule has 3 aliphatic rings. The van der Waals surface area contributed by atoms with Gasteiger partial charge in [0.1, 0.15) is 37.1 Å². The van der Waals surface area contributed by atoms with Crippen molar-refractivity contribution >= 4 is 37.7 Å². The molecule has 4 unspecified atom stereocenters. The largest absolute Gasteiger partial charge is 0.495 e. The van der Waals surface area contributed by atoms with E-state index in [2.05, 4.69) is 0 Å². The van der Waals surface area contributed by atoms with Gasteiger partial charge in [0.15, 0.2) is 0 Å². The van der Waals surface area contributed by atoms with Gasteiger partial charge in [-0.1, -0.05) is 32.0 Å². The van der Waals surface area contributed by atoms with E-state index in [0.717, 1.165) is 46.2 Å². The number of ether oxygens (including phenoxy) is 3. The van der Waals surface area contributed by atoms with Gasteiger partial charge in [-0.25, -0.2) is 0 Å². The van der Waals surface area contributed by atoms with Gasteiger partial charge in [0.25, 0.3) is 0 Å². The lowest BCUT2D eigenvalue weighted by Crippen LogP contribution is -2.34. The van der Waals surface area contributed by atoms with Crippen LogP contribution in [-0.2, 0) is 14.0 Å². The van der Waals surface area contributed by atoms with E-state index in [1.807, 2.05) is 65.0 Å². The first-order valence-corrected chi connectivity index (χ1v) is 18.6. The summed E-state index contributed by atoms with van der Waals surface area (Å²) in [4.78, 5) is 0. The minimum Gasteiger partial charge on any atom is -0.492 e. The van der Waals surface area contributed by atoms with Crippen molar-refractivity contribution in [2.75, 3.05) is 33.0 Å². The summed E-state index contributed by atoms with van der Waals surface area (Å²) in [6.07, 6.45) is 0.596. The van der Waals surface area contributed by atoms with E-state index < -0.39 is 33.1 Å². The second-order valence-electron chi connectivity index (χ2n) is 14.4. The number of aryl methyl sites for hydroxylation is 3. The summed E-state index contributed by atoms with van der Waals surface area (Å²) >= 11 is 0. The molecule has 0 saturated carbocycles. The van der Waals surface area contributed by atoms with E-state index in [1.165, 1.54) is 0 Å². The number of aliphatic hydroxyl groups excluding tert-OH is 2. The van der Waals surface area contributed by atoms with Gasteiger partial charge in [0, 0.05) is 22.9 Å². The normalized spacial score (nSPS) is 18.9. The molecule has 13 nitrogen and oxygen atoms in total. The van der Waals surface area contributed by atoms with Crippen LogP contribution in [0.2, 0.25) is 0 Å². The minimum absolute atomic E-state index is 0.0448. The van der Waals surface area contributed by atoms with Crippen LogP contribution >= 0.6 is 0 Å². The molecule has 16 heteroatoms. The van der Waals surface area contributed by atoms with Crippen molar-refractivity contribution in [2.45, 2.75) is 98.2 Å². The van der Waals surface area contributed by atoms with Crippen molar-refractivity contribution in [3.05, 3.63) is 69.8 Å². The first-order valence-electron chi connectivity index (χ1n) is 18.6. The monoisotopic (exact) mass is 751 g/mol. The van der Waals surface area contributed by atoms with Crippen molar-refractivity contribution in [3.8, 4) is 17.2 Å². The summed E-state index contributed by atoms with van der Waals surface area (Å²) in [6.45, 7) is 15.8. The summed E-state index contributed by atoms with van der Waals surface area (Å²) in [5.41, 5.74) is 12.9. The molecule has 8 N–H and O–H groups in total. The van der Waals surface area contributed by atoms with Crippen LogP contribution in [0.5, 0.6) is 17.2 Å². The Hall–Kier alpha value is -3.15. The van der Waals surface area contributed by atoms with E-state index in [-0.39, 0.29) is 44.7 Å². The van der Waals surface area contributed by atoms with Crippen LogP contribution in [0.25, 0.3) is 0 Å². The van der Waals surface area contributed by atoms with E-state index >= 15 is 0 Å². The highest BCUT2D eigenvalue weighted by Gasteiger charge is 2.40. The fourth-order valence-corrected chi connectivity index (χ4v) is 6.87. The van der Waals surface area contributed by atoms with Gasteiger partial charge < -0.3 is 64.3 Å². The maximum Gasteiger partial charge on any atom is 0.495 e. The number of hydrogen-bond donors (Lipinski definition) is 7. The number of nitrogens with two attached hydrogens (primary N) is 1. The standard InChI is InChI=1S/C14H21BO4.C12H18BNO4.C12H17BO4/c1-5-10-12-9(2)6-7-11(13(12)15(17)19-10)18-8-14(3,4)16;1-7-3-4-9(17-6-8(2)15)12-11(7)10(5-14)18-13(12)16;1-3-9-11-8(2)4-5-10(16-7-6-14)12(11)13(15)17-9/h6-7,10,16-17H,5,8H2,1-4H3;3-4,8,10,15-16H,5-6,14H2,1-2H3;4-5,9,14-15H,3,6-7H2,1-2H3. The third-order valence-corrected chi connectivity index (χ3v) is 9.35. The minimum atomic E-state index is -1.02. The SMILES string of the molecule is CCC1OB(O)c2c(OCC(C)(C)O)ccc(C)c21.CCC1OB(O)c2c(OCCO)ccc(C)c21.Cc1ccc(OCC(C)O)c2c1C(CN)OB2O. The molecule has 0 fully saturated rings. The van der Waals surface area contributed by atoms with Crippen LogP contribution in [0.4, 0.5) is 0 Å². The van der Waals surface area contributed by atoms with Gasteiger partial charge in [0.05, 0.1) is 36.6 Å². The first kappa shape index (κ1) is 43.6. The molecule has 54 heavy (non-hydrogen) atoms. The molecule has 3 aromatic carbocycles. The number of hydrogen-bond acceptors (Lipinski definition) is 13. The molecular weight excluding hydrogens is 695 g/mol. The summed E-state index contributed by atoms with van der Waals surface area (Å²) in [5.74, 6) is 1.73. The lowest BCUT2D eigenvalue weighted by molar-refractivity contribution is 0.0288. The van der Waals surface area contributed by atoms with Crippen LogP contribution in [0.3, 0.4) is 0 Å². The third-order valence-electron chi connectivity index (χ3n) is 9.35. The Morgan fingerprint density at radius 3 is 1.46 bits per heavy atom. The molecule has 3 aromatic rings. The Kier molecular flexibility index (Phi) is 15.4. The van der Waals surface area contributed by atoms with Crippen molar-refractivity contribution in [2.24, 2.45) is 5.73 Å². The molecule has 4 atom stereocenters. The van der Waals surface area contributed by atoms with Crippen molar-refractivity contribution < 1.29 is 58.6 Å². The predicted octanol–water partition coefficient (Wildman–Crippen LogP) is 1.32.